The molecule has 0 aliphatic rings. The molecular weight excluding hydrogens is 240 g/mol. The van der Waals surface area contributed by atoms with E-state index in [1.165, 1.54) is 24.3 Å². The first-order valence-electron chi connectivity index (χ1n) is 4.35. The molecule has 0 radical (unpaired) electrons. The molecule has 0 unspecified atom stereocenters. The summed E-state index contributed by atoms with van der Waals surface area (Å²) in [6.07, 6.45) is 0. The molecule has 0 spiro atoms. The van der Waals surface area contributed by atoms with Crippen LogP contribution in [0.1, 0.15) is 11.1 Å². The molecule has 4 nitrogen and oxygen atoms in total. The molecule has 1 aromatic rings. The van der Waals surface area contributed by atoms with Gasteiger partial charge in [0.1, 0.15) is 0 Å². The zero-order valence-corrected chi connectivity index (χ0v) is 9.08. The van der Waals surface area contributed by atoms with Crippen molar-refractivity contribution in [1.82, 2.24) is 0 Å². The summed E-state index contributed by atoms with van der Waals surface area (Å²) in [5, 5.41) is 4.85. The molecule has 0 bridgehead atoms. The number of hydrogen-bond donors (Lipinski definition) is 1. The van der Waals surface area contributed by atoms with Crippen LogP contribution in [0.3, 0.4) is 0 Å². The van der Waals surface area contributed by atoms with Crippen LogP contribution >= 0.6 is 0 Å². The largest absolute Gasteiger partial charge is 0.345 e. The van der Waals surface area contributed by atoms with E-state index in [1.807, 2.05) is 0 Å². The zero-order chi connectivity index (χ0) is 12.2. The van der Waals surface area contributed by atoms with Crippen LogP contribution in [0.2, 0.25) is 0 Å². The van der Waals surface area contributed by atoms with Crippen molar-refractivity contribution in [1.29, 1.82) is 0 Å². The number of benzene rings is 1. The summed E-state index contributed by atoms with van der Waals surface area (Å²) in [4.78, 5) is 0. The fourth-order valence-corrected chi connectivity index (χ4v) is 1.78. The second kappa shape index (κ2) is 5.33. The second-order valence-electron chi connectivity index (χ2n) is 3.20. The molecular formula is C9H11F2NO3S. The van der Waals surface area contributed by atoms with Gasteiger partial charge in [-0.3, -0.25) is 0 Å². The van der Waals surface area contributed by atoms with Crippen molar-refractivity contribution in [3.05, 3.63) is 35.4 Å². The van der Waals surface area contributed by atoms with Crippen molar-refractivity contribution in [3.63, 3.8) is 0 Å². The van der Waals surface area contributed by atoms with Crippen molar-refractivity contribution in [2.45, 2.75) is 19.0 Å². The molecule has 0 saturated heterocycles. The van der Waals surface area contributed by atoms with E-state index in [1.54, 1.807) is 0 Å². The maximum Gasteiger partial charge on any atom is 0.345 e. The van der Waals surface area contributed by atoms with E-state index in [0.717, 1.165) is 0 Å². The molecule has 2 N–H and O–H groups in total. The summed E-state index contributed by atoms with van der Waals surface area (Å²) in [7, 11) is -3.57. The smallest absolute Gasteiger partial charge is 0.318 e. The fourth-order valence-electron chi connectivity index (χ4n) is 1.12. The Bertz CT molecular complexity index is 431. The number of hydrogen-bond acceptors (Lipinski definition) is 3. The highest BCUT2D eigenvalue weighted by molar-refractivity contribution is 7.88. The molecule has 0 heterocycles. The highest BCUT2D eigenvalue weighted by atomic mass is 32.2. The molecule has 16 heavy (non-hydrogen) atoms. The first-order valence-corrected chi connectivity index (χ1v) is 6.06. The Labute approximate surface area is 92.1 Å². The van der Waals surface area contributed by atoms with E-state index in [4.69, 9.17) is 5.14 Å². The Morgan fingerprint density at radius 1 is 1.19 bits per heavy atom. The van der Waals surface area contributed by atoms with Gasteiger partial charge in [0.05, 0.1) is 12.4 Å². The number of primary sulfonamides is 1. The Hall–Kier alpha value is -1.05. The quantitative estimate of drug-likeness (QED) is 0.855. The molecule has 0 saturated carbocycles. The van der Waals surface area contributed by atoms with E-state index in [2.05, 4.69) is 4.74 Å². The third-order valence-electron chi connectivity index (χ3n) is 1.77. The molecule has 7 heteroatoms. The SMILES string of the molecule is NS(=O)(=O)Cc1ccc(COC(F)F)cc1. The molecule has 0 atom stereocenters. The van der Waals surface area contributed by atoms with Crippen molar-refractivity contribution < 1.29 is 21.9 Å². The van der Waals surface area contributed by atoms with Gasteiger partial charge >= 0.3 is 6.61 Å². The van der Waals surface area contributed by atoms with Crippen molar-refractivity contribution >= 4 is 10.0 Å². The highest BCUT2D eigenvalue weighted by Crippen LogP contribution is 2.09. The van der Waals surface area contributed by atoms with Crippen molar-refractivity contribution in [3.8, 4) is 0 Å². The lowest BCUT2D eigenvalue weighted by Crippen LogP contribution is -2.14. The van der Waals surface area contributed by atoms with E-state index >= 15 is 0 Å². The second-order valence-corrected chi connectivity index (χ2v) is 4.81. The minimum atomic E-state index is -3.57. The van der Waals surface area contributed by atoms with Gasteiger partial charge in [0.25, 0.3) is 0 Å². The molecule has 0 fully saturated rings. The Morgan fingerprint density at radius 3 is 2.12 bits per heavy atom. The maximum atomic E-state index is 11.7. The van der Waals surface area contributed by atoms with Crippen LogP contribution in [0.5, 0.6) is 0 Å². The number of nitrogens with two attached hydrogens (primary N) is 1. The van der Waals surface area contributed by atoms with Crippen LogP contribution in [0.15, 0.2) is 24.3 Å². The van der Waals surface area contributed by atoms with Gasteiger partial charge in [-0.2, -0.15) is 8.78 Å². The van der Waals surface area contributed by atoms with Gasteiger partial charge in [-0.05, 0) is 11.1 Å². The zero-order valence-electron chi connectivity index (χ0n) is 8.27. The Kier molecular flexibility index (Phi) is 4.34. The van der Waals surface area contributed by atoms with Crippen LogP contribution in [0, 0.1) is 0 Å². The number of rotatable bonds is 5. The lowest BCUT2D eigenvalue weighted by Gasteiger charge is -2.04. The molecule has 0 aromatic heterocycles. The first-order chi connectivity index (χ1) is 7.37. The van der Waals surface area contributed by atoms with Gasteiger partial charge in [-0.1, -0.05) is 24.3 Å². The normalized spacial score (nSPS) is 12.0. The van der Waals surface area contributed by atoms with Crippen molar-refractivity contribution in [2.75, 3.05) is 0 Å². The molecule has 1 rings (SSSR count). The molecule has 0 aliphatic carbocycles. The van der Waals surface area contributed by atoms with Crippen LogP contribution in [0.25, 0.3) is 0 Å². The van der Waals surface area contributed by atoms with E-state index in [9.17, 15) is 17.2 Å². The van der Waals surface area contributed by atoms with Crippen LogP contribution < -0.4 is 5.14 Å². The molecule has 90 valence electrons. The molecule has 0 amide bonds. The summed E-state index contributed by atoms with van der Waals surface area (Å²) in [6, 6.07) is 6.05. The standard InChI is InChI=1S/C9H11F2NO3S/c10-9(11)15-5-7-1-3-8(4-2-7)6-16(12,13)14/h1-4,9H,5-6H2,(H2,12,13,14). The lowest BCUT2D eigenvalue weighted by atomic mass is 10.2. The third kappa shape index (κ3) is 5.15. The average molecular weight is 251 g/mol. The molecule has 1 aromatic carbocycles. The predicted molar refractivity (Wildman–Crippen MR) is 54.0 cm³/mol. The number of alkyl halides is 2. The summed E-state index contributed by atoms with van der Waals surface area (Å²) in [5.41, 5.74) is 1.04. The minimum absolute atomic E-state index is 0.215. The molecule has 0 aliphatic heterocycles. The van der Waals surface area contributed by atoms with Gasteiger partial charge in [0.2, 0.25) is 10.0 Å². The van der Waals surface area contributed by atoms with Gasteiger partial charge in [0.15, 0.2) is 0 Å². The van der Waals surface area contributed by atoms with E-state index < -0.39 is 16.6 Å². The number of sulfonamides is 1. The minimum Gasteiger partial charge on any atom is -0.318 e. The summed E-state index contributed by atoms with van der Waals surface area (Å²) < 4.78 is 49.0. The Balaban J connectivity index is 2.61. The average Bonchev–Trinajstić information content (AvgIpc) is 2.14. The lowest BCUT2D eigenvalue weighted by molar-refractivity contribution is -0.137. The van der Waals surface area contributed by atoms with Crippen LogP contribution in [-0.2, 0) is 27.1 Å². The summed E-state index contributed by atoms with van der Waals surface area (Å²) >= 11 is 0. The van der Waals surface area contributed by atoms with Crippen LogP contribution in [0.4, 0.5) is 8.78 Å². The number of halogens is 2. The van der Waals surface area contributed by atoms with Gasteiger partial charge in [-0.15, -0.1) is 0 Å². The first kappa shape index (κ1) is 13.0. The van der Waals surface area contributed by atoms with E-state index in [0.29, 0.717) is 11.1 Å². The summed E-state index contributed by atoms with van der Waals surface area (Å²) in [5.74, 6) is -0.275. The van der Waals surface area contributed by atoms with Gasteiger partial charge in [-0.25, -0.2) is 13.6 Å². The fraction of sp³-hybridized carbons (Fsp3) is 0.333. The van der Waals surface area contributed by atoms with Crippen LogP contribution in [-0.4, -0.2) is 15.0 Å². The topological polar surface area (TPSA) is 69.4 Å². The maximum absolute atomic E-state index is 11.7. The monoisotopic (exact) mass is 251 g/mol. The van der Waals surface area contributed by atoms with Crippen molar-refractivity contribution in [2.24, 2.45) is 5.14 Å². The Morgan fingerprint density at radius 2 is 1.69 bits per heavy atom. The highest BCUT2D eigenvalue weighted by Gasteiger charge is 2.06. The van der Waals surface area contributed by atoms with Gasteiger partial charge < -0.3 is 4.74 Å². The summed E-state index contributed by atoms with van der Waals surface area (Å²) in [6.45, 7) is -3.03. The predicted octanol–water partition coefficient (Wildman–Crippen LogP) is 1.21. The van der Waals surface area contributed by atoms with Gasteiger partial charge in [0, 0.05) is 0 Å². The third-order valence-corrected chi connectivity index (χ3v) is 2.50. The number of ether oxygens (including phenoxy) is 1. The van der Waals surface area contributed by atoms with E-state index in [-0.39, 0.29) is 12.4 Å².